The summed E-state index contributed by atoms with van der Waals surface area (Å²) in [6.07, 6.45) is 2.70. The van der Waals surface area contributed by atoms with Crippen molar-refractivity contribution in [2.24, 2.45) is 0 Å². The Labute approximate surface area is 213 Å². The second kappa shape index (κ2) is 12.2. The van der Waals surface area contributed by atoms with E-state index in [2.05, 4.69) is 30.6 Å². The van der Waals surface area contributed by atoms with E-state index >= 15 is 0 Å². The first-order valence-corrected chi connectivity index (χ1v) is 12.5. The smallest absolute Gasteiger partial charge is 0.413 e. The number of nitrogens with one attached hydrogen (secondary N) is 2. The van der Waals surface area contributed by atoms with Gasteiger partial charge in [-0.3, -0.25) is 5.32 Å². The second-order valence-corrected chi connectivity index (χ2v) is 9.07. The Hall–Kier alpha value is -2.92. The molecule has 9 nitrogen and oxygen atoms in total. The number of rotatable bonds is 6. The van der Waals surface area contributed by atoms with Crippen LogP contribution in [0.5, 0.6) is 5.88 Å². The van der Waals surface area contributed by atoms with E-state index in [-0.39, 0.29) is 21.9 Å². The number of halogens is 2. The van der Waals surface area contributed by atoms with Crippen molar-refractivity contribution in [3.05, 3.63) is 34.9 Å². The monoisotopic (exact) mass is 524 g/mol. The molecule has 0 aromatic carbocycles. The molecule has 12 heteroatoms. The lowest BCUT2D eigenvalue weighted by Gasteiger charge is -2.22. The van der Waals surface area contributed by atoms with Crippen LogP contribution in [0.25, 0.3) is 10.9 Å². The molecule has 0 aliphatic heterocycles. The molecule has 0 bridgehead atoms. The summed E-state index contributed by atoms with van der Waals surface area (Å²) in [5, 5.41) is 6.13. The van der Waals surface area contributed by atoms with Gasteiger partial charge in [0.05, 0.1) is 13.2 Å². The van der Waals surface area contributed by atoms with Gasteiger partial charge in [-0.25, -0.2) is 24.1 Å². The Kier molecular flexibility index (Phi) is 9.84. The van der Waals surface area contributed by atoms with E-state index in [9.17, 15) is 9.18 Å². The largest absolute Gasteiger partial charge is 0.480 e. The first-order chi connectivity index (χ1) is 16.5. The lowest BCUT2D eigenvalue weighted by atomic mass is 10.1. The highest BCUT2D eigenvalue weighted by molar-refractivity contribution is 7.98. The number of hydrogen-bond donors (Lipinski definition) is 2. The van der Waals surface area contributed by atoms with E-state index < -0.39 is 23.6 Å². The SMILES string of the molecule is CC.COc1nc(Cl)c(F)c2nc(SC)nc(NC(C)c3cccnc3NC(=O)OC(C)(C)C)c12. The number of anilines is 2. The van der Waals surface area contributed by atoms with Crippen LogP contribution >= 0.6 is 23.4 Å². The Morgan fingerprint density at radius 3 is 2.49 bits per heavy atom. The van der Waals surface area contributed by atoms with Gasteiger partial charge in [0.25, 0.3) is 0 Å². The number of carbonyl (C=O) groups excluding carboxylic acids is 1. The first-order valence-electron chi connectivity index (χ1n) is 10.9. The number of thioether (sulfide) groups is 1. The number of hydrogen-bond acceptors (Lipinski definition) is 9. The van der Waals surface area contributed by atoms with Crippen LogP contribution in [0.15, 0.2) is 23.5 Å². The number of nitrogens with zero attached hydrogens (tertiary/aromatic N) is 4. The summed E-state index contributed by atoms with van der Waals surface area (Å²) in [5.74, 6) is -0.0788. The molecular weight excluding hydrogens is 495 g/mol. The van der Waals surface area contributed by atoms with Crippen molar-refractivity contribution < 1.29 is 18.7 Å². The Balaban J connectivity index is 0.00000210. The summed E-state index contributed by atoms with van der Waals surface area (Å²) >= 11 is 7.17. The Bertz CT molecular complexity index is 1190. The van der Waals surface area contributed by atoms with E-state index in [0.717, 1.165) is 0 Å². The predicted octanol–water partition coefficient (Wildman–Crippen LogP) is 6.49. The number of fused-ring (bicyclic) bond motifs is 1. The van der Waals surface area contributed by atoms with Crippen molar-refractivity contribution >= 4 is 52.0 Å². The third-order valence-electron chi connectivity index (χ3n) is 4.35. The van der Waals surface area contributed by atoms with Crippen LogP contribution in [0, 0.1) is 5.82 Å². The highest BCUT2D eigenvalue weighted by atomic mass is 35.5. The first kappa shape index (κ1) is 28.3. The quantitative estimate of drug-likeness (QED) is 0.212. The molecule has 1 amide bonds. The standard InChI is InChI=1S/C21H24ClFN6O3S.C2H6/c1-10(11-8-7-9-24-16(11)29-20(30)32-21(2,3)4)25-17-12-14(26-19(28-17)33-6)13(23)15(22)27-18(12)31-5;1-2/h7-10H,1-6H3,(H,24,29,30)(H,25,26,28);1-2H3. The number of amides is 1. The minimum atomic E-state index is -0.769. The van der Waals surface area contributed by atoms with Crippen LogP contribution < -0.4 is 15.4 Å². The van der Waals surface area contributed by atoms with Crippen LogP contribution in [0.1, 0.15) is 53.1 Å². The Morgan fingerprint density at radius 1 is 1.20 bits per heavy atom. The molecule has 35 heavy (non-hydrogen) atoms. The summed E-state index contributed by atoms with van der Waals surface area (Å²) in [6.45, 7) is 11.2. The summed E-state index contributed by atoms with van der Waals surface area (Å²) < 4.78 is 25.4. The van der Waals surface area contributed by atoms with Crippen molar-refractivity contribution in [1.29, 1.82) is 0 Å². The zero-order valence-corrected chi connectivity index (χ0v) is 22.6. The van der Waals surface area contributed by atoms with Crippen LogP contribution in [0.4, 0.5) is 20.8 Å². The van der Waals surface area contributed by atoms with Crippen molar-refractivity contribution in [3.8, 4) is 5.88 Å². The number of methoxy groups -OCH3 is 1. The van der Waals surface area contributed by atoms with Crippen LogP contribution in [0.3, 0.4) is 0 Å². The summed E-state index contributed by atoms with van der Waals surface area (Å²) in [4.78, 5) is 29.2. The van der Waals surface area contributed by atoms with Crippen LogP contribution in [-0.4, -0.2) is 45.0 Å². The van der Waals surface area contributed by atoms with Gasteiger partial charge in [0.15, 0.2) is 16.1 Å². The van der Waals surface area contributed by atoms with Crippen molar-refractivity contribution in [3.63, 3.8) is 0 Å². The molecule has 0 aliphatic carbocycles. The highest BCUT2D eigenvalue weighted by Gasteiger charge is 2.23. The van der Waals surface area contributed by atoms with Crippen molar-refractivity contribution in [1.82, 2.24) is 19.9 Å². The van der Waals surface area contributed by atoms with Gasteiger partial charge in [-0.05, 0) is 40.0 Å². The van der Waals surface area contributed by atoms with Gasteiger partial charge in [0, 0.05) is 11.8 Å². The number of pyridine rings is 2. The van der Waals surface area contributed by atoms with E-state index in [1.807, 2.05) is 20.8 Å². The predicted molar refractivity (Wildman–Crippen MR) is 138 cm³/mol. The van der Waals surface area contributed by atoms with Gasteiger partial charge >= 0.3 is 6.09 Å². The van der Waals surface area contributed by atoms with Gasteiger partial charge in [-0.1, -0.05) is 43.3 Å². The average Bonchev–Trinajstić information content (AvgIpc) is 2.81. The molecule has 190 valence electrons. The van der Waals surface area contributed by atoms with Gasteiger partial charge in [-0.15, -0.1) is 0 Å². The normalized spacial score (nSPS) is 11.8. The van der Waals surface area contributed by atoms with Gasteiger partial charge in [0.1, 0.15) is 28.1 Å². The van der Waals surface area contributed by atoms with Crippen LogP contribution in [-0.2, 0) is 4.74 Å². The number of aromatic nitrogens is 4. The summed E-state index contributed by atoms with van der Waals surface area (Å²) in [7, 11) is 1.40. The molecule has 3 aromatic heterocycles. The molecular formula is C23H30ClFN6O3S. The Morgan fingerprint density at radius 2 is 1.89 bits per heavy atom. The average molecular weight is 525 g/mol. The van der Waals surface area contributed by atoms with Gasteiger partial charge < -0.3 is 14.8 Å². The fourth-order valence-corrected chi connectivity index (χ4v) is 3.52. The lowest BCUT2D eigenvalue weighted by Crippen LogP contribution is -2.28. The molecule has 1 atom stereocenters. The molecule has 0 saturated heterocycles. The maximum atomic E-state index is 14.8. The third kappa shape index (κ3) is 7.04. The molecule has 3 heterocycles. The number of carbonyl (C=O) groups is 1. The molecule has 1 unspecified atom stereocenters. The third-order valence-corrected chi connectivity index (χ3v) is 5.14. The van der Waals surface area contributed by atoms with Crippen molar-refractivity contribution in [2.75, 3.05) is 24.0 Å². The van der Waals surface area contributed by atoms with Gasteiger partial charge in [0.2, 0.25) is 5.88 Å². The maximum Gasteiger partial charge on any atom is 0.413 e. The van der Waals surface area contributed by atoms with Crippen LogP contribution in [0.2, 0.25) is 5.15 Å². The van der Waals surface area contributed by atoms with E-state index in [0.29, 0.717) is 22.4 Å². The fraction of sp³-hybridized carbons (Fsp3) is 0.435. The molecule has 0 fully saturated rings. The lowest BCUT2D eigenvalue weighted by molar-refractivity contribution is 0.0635. The topological polar surface area (TPSA) is 111 Å². The molecule has 0 aliphatic rings. The van der Waals surface area contributed by atoms with E-state index in [4.69, 9.17) is 21.1 Å². The molecule has 0 radical (unpaired) electrons. The maximum absolute atomic E-state index is 14.8. The molecule has 3 rings (SSSR count). The second-order valence-electron chi connectivity index (χ2n) is 7.94. The van der Waals surface area contributed by atoms with E-state index in [1.54, 1.807) is 45.4 Å². The molecule has 0 spiro atoms. The highest BCUT2D eigenvalue weighted by Crippen LogP contribution is 2.36. The zero-order valence-electron chi connectivity index (χ0n) is 21.0. The molecule has 3 aromatic rings. The van der Waals surface area contributed by atoms with Gasteiger partial charge in [-0.2, -0.15) is 4.98 Å². The number of ether oxygens (including phenoxy) is 2. The fourth-order valence-electron chi connectivity index (χ4n) is 2.99. The molecule has 2 N–H and O–H groups in total. The summed E-state index contributed by atoms with van der Waals surface area (Å²) in [5.41, 5.74) is -0.0207. The minimum absolute atomic E-state index is 0.0146. The minimum Gasteiger partial charge on any atom is -0.480 e. The molecule has 0 saturated carbocycles. The van der Waals surface area contributed by atoms with E-state index in [1.165, 1.54) is 18.9 Å². The zero-order chi connectivity index (χ0) is 26.3. The van der Waals surface area contributed by atoms with Crippen molar-refractivity contribution in [2.45, 2.75) is 58.3 Å². The summed E-state index contributed by atoms with van der Waals surface area (Å²) in [6, 6.07) is 3.11.